The van der Waals surface area contributed by atoms with E-state index in [9.17, 15) is 18.5 Å². The van der Waals surface area contributed by atoms with Crippen molar-refractivity contribution < 1.29 is 13.3 Å². The van der Waals surface area contributed by atoms with Crippen LogP contribution in [-0.2, 0) is 10.0 Å². The molecule has 0 bridgehead atoms. The number of sulfonamides is 1. The molecule has 0 unspecified atom stereocenters. The van der Waals surface area contributed by atoms with Crippen LogP contribution < -0.4 is 16.0 Å². The number of rotatable bonds is 5. The Hall–Kier alpha value is -1.71. The van der Waals surface area contributed by atoms with Crippen LogP contribution in [-0.4, -0.2) is 19.4 Å². The van der Waals surface area contributed by atoms with Gasteiger partial charge in [-0.15, -0.1) is 0 Å². The number of nitrogen functional groups attached to an aromatic ring is 1. The van der Waals surface area contributed by atoms with Gasteiger partial charge in [0, 0.05) is 18.2 Å². The van der Waals surface area contributed by atoms with Crippen molar-refractivity contribution in [2.75, 3.05) is 5.43 Å². The summed E-state index contributed by atoms with van der Waals surface area (Å²) in [7, 11) is -3.82. The van der Waals surface area contributed by atoms with Gasteiger partial charge in [-0.25, -0.2) is 13.1 Å². The van der Waals surface area contributed by atoms with Gasteiger partial charge >= 0.3 is 0 Å². The van der Waals surface area contributed by atoms with Crippen LogP contribution in [0.25, 0.3) is 0 Å². The SMILES string of the molecule is NNc1ccc([N+](=O)[O-])cc1S(=O)(=O)NC1CCC1. The van der Waals surface area contributed by atoms with Gasteiger partial charge in [-0.05, 0) is 18.9 Å². The number of nitro groups is 1. The molecule has 1 aliphatic carbocycles. The number of hydrogen-bond donors (Lipinski definition) is 3. The highest BCUT2D eigenvalue weighted by atomic mass is 32.2. The lowest BCUT2D eigenvalue weighted by Crippen LogP contribution is -2.39. The molecule has 1 fully saturated rings. The maximum atomic E-state index is 12.2. The largest absolute Gasteiger partial charge is 0.323 e. The van der Waals surface area contributed by atoms with Gasteiger partial charge in [0.2, 0.25) is 10.0 Å². The minimum absolute atomic E-state index is 0.102. The predicted octanol–water partition coefficient (Wildman–Crippen LogP) is 0.711. The van der Waals surface area contributed by atoms with Crippen LogP contribution in [0.2, 0.25) is 0 Å². The lowest BCUT2D eigenvalue weighted by molar-refractivity contribution is -0.385. The van der Waals surface area contributed by atoms with Gasteiger partial charge in [-0.1, -0.05) is 6.42 Å². The Morgan fingerprint density at radius 2 is 2.05 bits per heavy atom. The Morgan fingerprint density at radius 1 is 1.37 bits per heavy atom. The lowest BCUT2D eigenvalue weighted by atomic mass is 9.94. The summed E-state index contributed by atoms with van der Waals surface area (Å²) in [6.45, 7) is 0. The van der Waals surface area contributed by atoms with Crippen LogP contribution in [0.5, 0.6) is 0 Å². The topological polar surface area (TPSA) is 127 Å². The number of nitro benzene ring substituents is 1. The van der Waals surface area contributed by atoms with Crippen molar-refractivity contribution in [2.24, 2.45) is 5.84 Å². The third kappa shape index (κ3) is 2.83. The summed E-state index contributed by atoms with van der Waals surface area (Å²) in [5.74, 6) is 5.24. The monoisotopic (exact) mass is 286 g/mol. The molecule has 0 saturated heterocycles. The summed E-state index contributed by atoms with van der Waals surface area (Å²) in [6, 6.07) is 3.36. The van der Waals surface area contributed by atoms with Crippen LogP contribution in [0.15, 0.2) is 23.1 Å². The first-order valence-corrected chi connectivity index (χ1v) is 7.20. The summed E-state index contributed by atoms with van der Waals surface area (Å²) in [5, 5.41) is 10.7. The van der Waals surface area contributed by atoms with Gasteiger partial charge in [0.1, 0.15) is 4.90 Å². The quantitative estimate of drug-likeness (QED) is 0.415. The average Bonchev–Trinajstić information content (AvgIpc) is 2.33. The second-order valence-corrected chi connectivity index (χ2v) is 6.01. The number of benzene rings is 1. The van der Waals surface area contributed by atoms with E-state index >= 15 is 0 Å². The maximum Gasteiger partial charge on any atom is 0.270 e. The molecule has 104 valence electrons. The van der Waals surface area contributed by atoms with Crippen LogP contribution in [0.3, 0.4) is 0 Å². The maximum absolute atomic E-state index is 12.2. The molecule has 0 aliphatic heterocycles. The number of nitrogens with one attached hydrogen (secondary N) is 2. The molecule has 4 N–H and O–H groups in total. The molecule has 19 heavy (non-hydrogen) atoms. The zero-order valence-electron chi connectivity index (χ0n) is 10.00. The van der Waals surface area contributed by atoms with E-state index in [0.29, 0.717) is 0 Å². The smallest absolute Gasteiger partial charge is 0.270 e. The lowest BCUT2D eigenvalue weighted by Gasteiger charge is -2.26. The summed E-state index contributed by atoms with van der Waals surface area (Å²) in [6.07, 6.45) is 2.53. The van der Waals surface area contributed by atoms with Crippen LogP contribution in [0, 0.1) is 10.1 Å². The van der Waals surface area contributed by atoms with E-state index in [1.54, 1.807) is 0 Å². The molecular weight excluding hydrogens is 272 g/mol. The molecule has 1 saturated carbocycles. The van der Waals surface area contributed by atoms with Gasteiger partial charge in [-0.3, -0.25) is 16.0 Å². The fourth-order valence-corrected chi connectivity index (χ4v) is 3.27. The van der Waals surface area contributed by atoms with Crippen molar-refractivity contribution in [2.45, 2.75) is 30.2 Å². The summed E-state index contributed by atoms with van der Waals surface area (Å²) in [4.78, 5) is 9.85. The van der Waals surface area contributed by atoms with Crippen LogP contribution in [0.4, 0.5) is 11.4 Å². The molecule has 2 rings (SSSR count). The molecule has 0 heterocycles. The highest BCUT2D eigenvalue weighted by Gasteiger charge is 2.27. The van der Waals surface area contributed by atoms with E-state index in [2.05, 4.69) is 10.1 Å². The van der Waals surface area contributed by atoms with Crippen molar-refractivity contribution in [3.63, 3.8) is 0 Å². The molecule has 0 amide bonds. The first-order chi connectivity index (χ1) is 8.94. The third-order valence-corrected chi connectivity index (χ3v) is 4.61. The molecule has 8 nitrogen and oxygen atoms in total. The molecular formula is C10H14N4O4S. The second-order valence-electron chi connectivity index (χ2n) is 4.33. The van der Waals surface area contributed by atoms with Crippen molar-refractivity contribution in [3.05, 3.63) is 28.3 Å². The number of nitrogens with two attached hydrogens (primary N) is 1. The van der Waals surface area contributed by atoms with Gasteiger partial charge in [0.05, 0.1) is 10.6 Å². The zero-order chi connectivity index (χ0) is 14.0. The first kappa shape index (κ1) is 13.7. The fourth-order valence-electron chi connectivity index (χ4n) is 1.78. The van der Waals surface area contributed by atoms with Gasteiger partial charge in [0.25, 0.3) is 5.69 Å². The molecule has 1 aromatic rings. The molecule has 0 spiro atoms. The van der Waals surface area contributed by atoms with Crippen molar-refractivity contribution >= 4 is 21.4 Å². The minimum Gasteiger partial charge on any atom is -0.323 e. The van der Waals surface area contributed by atoms with Crippen LogP contribution >= 0.6 is 0 Å². The Bertz CT molecular complexity index is 598. The molecule has 0 aromatic heterocycles. The van der Waals surface area contributed by atoms with E-state index in [-0.39, 0.29) is 22.3 Å². The van der Waals surface area contributed by atoms with E-state index < -0.39 is 14.9 Å². The fraction of sp³-hybridized carbons (Fsp3) is 0.400. The van der Waals surface area contributed by atoms with Gasteiger partial charge < -0.3 is 5.43 Å². The summed E-state index contributed by atoms with van der Waals surface area (Å²) >= 11 is 0. The van der Waals surface area contributed by atoms with Crippen molar-refractivity contribution in [3.8, 4) is 0 Å². The zero-order valence-corrected chi connectivity index (χ0v) is 10.8. The Balaban J connectivity index is 2.39. The number of hydrazine groups is 1. The van der Waals surface area contributed by atoms with Crippen LogP contribution in [0.1, 0.15) is 19.3 Å². The third-order valence-electron chi connectivity index (χ3n) is 3.05. The van der Waals surface area contributed by atoms with Gasteiger partial charge in [-0.2, -0.15) is 0 Å². The Morgan fingerprint density at radius 3 is 2.53 bits per heavy atom. The molecule has 0 atom stereocenters. The van der Waals surface area contributed by atoms with E-state index in [1.165, 1.54) is 12.1 Å². The minimum atomic E-state index is -3.82. The molecule has 9 heteroatoms. The molecule has 1 aliphatic rings. The highest BCUT2D eigenvalue weighted by Crippen LogP contribution is 2.27. The second kappa shape index (κ2) is 5.11. The van der Waals surface area contributed by atoms with Crippen molar-refractivity contribution in [1.29, 1.82) is 0 Å². The number of non-ortho nitro benzene ring substituents is 1. The Labute approximate surface area is 110 Å². The normalized spacial score (nSPS) is 15.8. The van der Waals surface area contributed by atoms with E-state index in [0.717, 1.165) is 25.3 Å². The highest BCUT2D eigenvalue weighted by molar-refractivity contribution is 7.89. The summed E-state index contributed by atoms with van der Waals surface area (Å²) in [5.41, 5.74) is 2.06. The Kier molecular flexibility index (Phi) is 3.69. The van der Waals surface area contributed by atoms with E-state index in [1.807, 2.05) is 0 Å². The first-order valence-electron chi connectivity index (χ1n) is 5.71. The van der Waals surface area contributed by atoms with Gasteiger partial charge in [0.15, 0.2) is 0 Å². The molecule has 0 radical (unpaired) electrons. The standard InChI is InChI=1S/C10H14N4O4S/c11-12-9-5-4-8(14(15)16)6-10(9)19(17,18)13-7-2-1-3-7/h4-7,12-13H,1-3,11H2. The summed E-state index contributed by atoms with van der Waals surface area (Å²) < 4.78 is 26.8. The predicted molar refractivity (Wildman–Crippen MR) is 68.9 cm³/mol. The number of anilines is 1. The van der Waals surface area contributed by atoms with E-state index in [4.69, 9.17) is 5.84 Å². The number of hydrogen-bond acceptors (Lipinski definition) is 6. The van der Waals surface area contributed by atoms with Crippen molar-refractivity contribution in [1.82, 2.24) is 4.72 Å². The number of nitrogens with zero attached hydrogens (tertiary/aromatic N) is 1. The average molecular weight is 286 g/mol. The molecule has 1 aromatic carbocycles.